The van der Waals surface area contributed by atoms with Crippen LogP contribution in [0.5, 0.6) is 0 Å². The van der Waals surface area contributed by atoms with Crippen molar-refractivity contribution in [1.82, 2.24) is 19.7 Å². The lowest BCUT2D eigenvalue weighted by atomic mass is 10.2. The summed E-state index contributed by atoms with van der Waals surface area (Å²) in [6.07, 6.45) is 4.89. The third-order valence-electron chi connectivity index (χ3n) is 4.56. The minimum Gasteiger partial charge on any atom is -0.341 e. The number of thioether (sulfide) groups is 1. The van der Waals surface area contributed by atoms with E-state index in [-0.39, 0.29) is 5.91 Å². The molecule has 24 heavy (non-hydrogen) atoms. The zero-order valence-electron chi connectivity index (χ0n) is 13.9. The number of nitrogens with zero attached hydrogens (tertiary/aromatic N) is 4. The van der Waals surface area contributed by atoms with Gasteiger partial charge in [0.05, 0.1) is 5.75 Å². The van der Waals surface area contributed by atoms with E-state index in [1.54, 1.807) is 4.90 Å². The standard InChI is InChI=1S/C18H22N4OS/c1-21(11-13-5-3-2-4-6-13)16(23)12-24-18-20-19-17(14-7-8-14)22(18)15-9-10-15/h2-6,14-15H,7-12H2,1H3. The monoisotopic (exact) mass is 342 g/mol. The average molecular weight is 342 g/mol. The summed E-state index contributed by atoms with van der Waals surface area (Å²) in [5.41, 5.74) is 1.15. The molecule has 2 aromatic rings. The molecule has 4 rings (SSSR count). The molecule has 0 aliphatic heterocycles. The van der Waals surface area contributed by atoms with Crippen molar-refractivity contribution in [3.8, 4) is 0 Å². The van der Waals surface area contributed by atoms with Gasteiger partial charge in [-0.2, -0.15) is 0 Å². The quantitative estimate of drug-likeness (QED) is 0.725. The number of aromatic nitrogens is 3. The summed E-state index contributed by atoms with van der Waals surface area (Å²) in [6.45, 7) is 0.642. The van der Waals surface area contributed by atoms with E-state index in [0.29, 0.717) is 24.3 Å². The first-order chi connectivity index (χ1) is 11.7. The largest absolute Gasteiger partial charge is 0.341 e. The van der Waals surface area contributed by atoms with Crippen LogP contribution in [0.3, 0.4) is 0 Å². The Morgan fingerprint density at radius 2 is 1.96 bits per heavy atom. The van der Waals surface area contributed by atoms with Crippen molar-refractivity contribution in [3.05, 3.63) is 41.7 Å². The van der Waals surface area contributed by atoms with Crippen LogP contribution in [0.4, 0.5) is 0 Å². The van der Waals surface area contributed by atoms with Crippen LogP contribution in [0, 0.1) is 0 Å². The Kier molecular flexibility index (Phi) is 4.31. The predicted molar refractivity (Wildman–Crippen MR) is 93.9 cm³/mol. The molecule has 126 valence electrons. The summed E-state index contributed by atoms with van der Waals surface area (Å²) in [5.74, 6) is 2.29. The van der Waals surface area contributed by atoms with Crippen molar-refractivity contribution >= 4 is 17.7 Å². The number of carbonyl (C=O) groups is 1. The maximum atomic E-state index is 12.4. The molecule has 0 atom stereocenters. The third-order valence-corrected chi connectivity index (χ3v) is 5.49. The van der Waals surface area contributed by atoms with Gasteiger partial charge >= 0.3 is 0 Å². The van der Waals surface area contributed by atoms with Crippen molar-refractivity contribution in [3.63, 3.8) is 0 Å². The fourth-order valence-electron chi connectivity index (χ4n) is 2.86. The molecule has 0 N–H and O–H groups in total. The summed E-state index contributed by atoms with van der Waals surface area (Å²) in [5, 5.41) is 9.67. The van der Waals surface area contributed by atoms with Crippen LogP contribution in [0.25, 0.3) is 0 Å². The van der Waals surface area contributed by atoms with Crippen molar-refractivity contribution < 1.29 is 4.79 Å². The molecule has 0 saturated heterocycles. The minimum atomic E-state index is 0.127. The minimum absolute atomic E-state index is 0.127. The number of hydrogen-bond donors (Lipinski definition) is 0. The second-order valence-corrected chi connectivity index (χ2v) is 7.68. The molecular formula is C18H22N4OS. The fraction of sp³-hybridized carbons (Fsp3) is 0.500. The van der Waals surface area contributed by atoms with Crippen molar-refractivity contribution in [1.29, 1.82) is 0 Å². The highest BCUT2D eigenvalue weighted by Crippen LogP contribution is 2.45. The molecule has 0 spiro atoms. The van der Waals surface area contributed by atoms with Gasteiger partial charge in [-0.25, -0.2) is 0 Å². The van der Waals surface area contributed by atoms with Crippen LogP contribution < -0.4 is 0 Å². The van der Waals surface area contributed by atoms with E-state index in [1.165, 1.54) is 37.4 Å². The van der Waals surface area contributed by atoms with Crippen LogP contribution in [0.1, 0.15) is 49.0 Å². The van der Waals surface area contributed by atoms with Gasteiger partial charge in [0.2, 0.25) is 5.91 Å². The molecule has 0 bridgehead atoms. The Labute approximate surface area is 146 Å². The zero-order valence-corrected chi connectivity index (χ0v) is 14.7. The number of benzene rings is 1. The normalized spacial score (nSPS) is 17.0. The second-order valence-electron chi connectivity index (χ2n) is 6.74. The van der Waals surface area contributed by atoms with Crippen LogP contribution in [-0.4, -0.2) is 38.4 Å². The smallest absolute Gasteiger partial charge is 0.233 e. The van der Waals surface area contributed by atoms with Gasteiger partial charge in [-0.05, 0) is 31.2 Å². The van der Waals surface area contributed by atoms with E-state index in [9.17, 15) is 4.79 Å². The van der Waals surface area contributed by atoms with E-state index < -0.39 is 0 Å². The molecular weight excluding hydrogens is 320 g/mol. The molecule has 0 unspecified atom stereocenters. The van der Waals surface area contributed by atoms with Crippen molar-refractivity contribution in [2.24, 2.45) is 0 Å². The summed E-state index contributed by atoms with van der Waals surface area (Å²) < 4.78 is 2.30. The van der Waals surface area contributed by atoms with E-state index in [2.05, 4.69) is 14.8 Å². The number of hydrogen-bond acceptors (Lipinski definition) is 4. The maximum absolute atomic E-state index is 12.4. The highest BCUT2D eigenvalue weighted by molar-refractivity contribution is 7.99. The Bertz CT molecular complexity index is 722. The molecule has 1 amide bonds. The van der Waals surface area contributed by atoms with E-state index in [1.807, 2.05) is 37.4 Å². The van der Waals surface area contributed by atoms with Crippen LogP contribution >= 0.6 is 11.8 Å². The summed E-state index contributed by atoms with van der Waals surface area (Å²) >= 11 is 1.53. The lowest BCUT2D eigenvalue weighted by molar-refractivity contribution is -0.127. The first-order valence-corrected chi connectivity index (χ1v) is 9.56. The topological polar surface area (TPSA) is 51.0 Å². The molecule has 2 saturated carbocycles. The molecule has 2 aliphatic rings. The van der Waals surface area contributed by atoms with E-state index >= 15 is 0 Å². The predicted octanol–water partition coefficient (Wildman–Crippen LogP) is 3.24. The molecule has 2 fully saturated rings. The summed E-state index contributed by atoms with van der Waals surface area (Å²) in [6, 6.07) is 10.6. The Morgan fingerprint density at radius 1 is 1.21 bits per heavy atom. The fourth-order valence-corrected chi connectivity index (χ4v) is 3.82. The molecule has 0 radical (unpaired) electrons. The maximum Gasteiger partial charge on any atom is 0.233 e. The van der Waals surface area contributed by atoms with Crippen LogP contribution in [0.2, 0.25) is 0 Å². The van der Waals surface area contributed by atoms with Crippen LogP contribution in [-0.2, 0) is 11.3 Å². The number of amides is 1. The zero-order chi connectivity index (χ0) is 16.5. The summed E-state index contributed by atoms with van der Waals surface area (Å²) in [7, 11) is 1.86. The van der Waals surface area contributed by atoms with Gasteiger partial charge in [-0.1, -0.05) is 42.1 Å². The first-order valence-electron chi connectivity index (χ1n) is 8.58. The Hall–Kier alpha value is -1.82. The van der Waals surface area contributed by atoms with Gasteiger partial charge in [-0.15, -0.1) is 10.2 Å². The Morgan fingerprint density at radius 3 is 2.62 bits per heavy atom. The van der Waals surface area contributed by atoms with Gasteiger partial charge in [0.1, 0.15) is 5.82 Å². The first kappa shape index (κ1) is 15.7. The van der Waals surface area contributed by atoms with Crippen molar-refractivity contribution in [2.75, 3.05) is 12.8 Å². The van der Waals surface area contributed by atoms with Crippen molar-refractivity contribution in [2.45, 2.75) is 49.3 Å². The SMILES string of the molecule is CN(Cc1ccccc1)C(=O)CSc1nnc(C2CC2)n1C1CC1. The highest BCUT2D eigenvalue weighted by Gasteiger charge is 2.36. The lowest BCUT2D eigenvalue weighted by Crippen LogP contribution is -2.27. The van der Waals surface area contributed by atoms with Gasteiger partial charge in [0, 0.05) is 25.6 Å². The molecule has 1 aromatic carbocycles. The number of carbonyl (C=O) groups excluding carboxylic acids is 1. The second kappa shape index (κ2) is 6.59. The Balaban J connectivity index is 1.37. The molecule has 5 nitrogen and oxygen atoms in total. The summed E-state index contributed by atoms with van der Waals surface area (Å²) in [4.78, 5) is 14.2. The highest BCUT2D eigenvalue weighted by atomic mass is 32.2. The van der Waals surface area contributed by atoms with Gasteiger partial charge in [0.25, 0.3) is 0 Å². The molecule has 2 aliphatic carbocycles. The van der Waals surface area contributed by atoms with Gasteiger partial charge in [-0.3, -0.25) is 4.79 Å². The van der Waals surface area contributed by atoms with Crippen LogP contribution in [0.15, 0.2) is 35.5 Å². The molecule has 1 heterocycles. The van der Waals surface area contributed by atoms with Gasteiger partial charge in [0.15, 0.2) is 5.16 Å². The van der Waals surface area contributed by atoms with E-state index in [4.69, 9.17) is 0 Å². The average Bonchev–Trinajstić information content (AvgIpc) is 3.52. The van der Waals surface area contributed by atoms with Gasteiger partial charge < -0.3 is 9.47 Å². The molecule has 6 heteroatoms. The lowest BCUT2D eigenvalue weighted by Gasteiger charge is -2.17. The number of rotatable bonds is 7. The van der Waals surface area contributed by atoms with E-state index in [0.717, 1.165) is 16.5 Å². The third kappa shape index (κ3) is 3.48. The molecule has 1 aromatic heterocycles.